The maximum Gasteiger partial charge on any atom is 0.320 e. The first-order valence-electron chi connectivity index (χ1n) is 6.82. The molecule has 1 aliphatic heterocycles. The van der Waals surface area contributed by atoms with Gasteiger partial charge in [-0.3, -0.25) is 4.79 Å². The van der Waals surface area contributed by atoms with Gasteiger partial charge in [-0.15, -0.1) is 0 Å². The van der Waals surface area contributed by atoms with Crippen LogP contribution in [0.2, 0.25) is 0 Å². The first kappa shape index (κ1) is 15.8. The normalized spacial score (nSPS) is 21.0. The third-order valence-electron chi connectivity index (χ3n) is 3.63. The van der Waals surface area contributed by atoms with Crippen LogP contribution >= 0.6 is 0 Å². The smallest absolute Gasteiger partial charge is 0.320 e. The molecule has 19 heavy (non-hydrogen) atoms. The molecule has 0 saturated carbocycles. The number of carbonyl (C=O) groups excluding carboxylic acids is 1. The number of amides is 2. The molecule has 0 aromatic heterocycles. The Morgan fingerprint density at radius 2 is 2.11 bits per heavy atom. The number of hydrogen-bond acceptors (Lipinski definition) is 3. The van der Waals surface area contributed by atoms with Gasteiger partial charge in [-0.2, -0.15) is 0 Å². The van der Waals surface area contributed by atoms with E-state index in [1.54, 1.807) is 18.9 Å². The van der Waals surface area contributed by atoms with Crippen molar-refractivity contribution >= 4 is 12.0 Å². The summed E-state index contributed by atoms with van der Waals surface area (Å²) in [5.41, 5.74) is 0. The fraction of sp³-hybridized carbons (Fsp3) is 0.846. The molecule has 0 aromatic rings. The van der Waals surface area contributed by atoms with Crippen molar-refractivity contribution in [1.29, 1.82) is 0 Å². The van der Waals surface area contributed by atoms with Crippen molar-refractivity contribution in [1.82, 2.24) is 9.80 Å². The predicted molar refractivity (Wildman–Crippen MR) is 70.9 cm³/mol. The average molecular weight is 272 g/mol. The second-order valence-electron chi connectivity index (χ2n) is 5.26. The molecule has 1 heterocycles. The van der Waals surface area contributed by atoms with E-state index in [0.29, 0.717) is 13.0 Å². The van der Waals surface area contributed by atoms with Crippen LogP contribution in [0.25, 0.3) is 0 Å². The molecule has 6 heteroatoms. The zero-order valence-electron chi connectivity index (χ0n) is 11.7. The van der Waals surface area contributed by atoms with Gasteiger partial charge >= 0.3 is 12.0 Å². The number of likely N-dealkylation sites (tertiary alicyclic amines) is 1. The van der Waals surface area contributed by atoms with Gasteiger partial charge in [-0.05, 0) is 25.7 Å². The van der Waals surface area contributed by atoms with Crippen LogP contribution in [0.5, 0.6) is 0 Å². The number of carboxylic acids is 1. The number of urea groups is 1. The summed E-state index contributed by atoms with van der Waals surface area (Å²) in [6.07, 6.45) is 3.54. The van der Waals surface area contributed by atoms with Gasteiger partial charge < -0.3 is 20.0 Å². The topological polar surface area (TPSA) is 81.1 Å². The number of carboxylic acid groups (broad SMARTS) is 1. The van der Waals surface area contributed by atoms with Gasteiger partial charge in [0.2, 0.25) is 0 Å². The second-order valence-corrected chi connectivity index (χ2v) is 5.26. The number of carbonyl (C=O) groups is 2. The second kappa shape index (κ2) is 7.33. The zero-order valence-corrected chi connectivity index (χ0v) is 11.7. The molecule has 0 bridgehead atoms. The van der Waals surface area contributed by atoms with Crippen LogP contribution in [0, 0.1) is 5.92 Å². The predicted octanol–water partition coefficient (Wildman–Crippen LogP) is 0.996. The zero-order chi connectivity index (χ0) is 14.4. The molecule has 1 rings (SSSR count). The lowest BCUT2D eigenvalue weighted by atomic mass is 10.00. The van der Waals surface area contributed by atoms with Crippen LogP contribution in [-0.4, -0.2) is 64.8 Å². The first-order valence-corrected chi connectivity index (χ1v) is 6.82. The van der Waals surface area contributed by atoms with Gasteiger partial charge in [-0.1, -0.05) is 6.92 Å². The fourth-order valence-electron chi connectivity index (χ4n) is 2.49. The Hall–Kier alpha value is -1.30. The minimum Gasteiger partial charge on any atom is -0.481 e. The van der Waals surface area contributed by atoms with Gasteiger partial charge in [0.1, 0.15) is 0 Å². The quantitative estimate of drug-likeness (QED) is 0.782. The fourth-order valence-corrected chi connectivity index (χ4v) is 2.49. The molecule has 6 nitrogen and oxygen atoms in total. The van der Waals surface area contributed by atoms with Crippen LogP contribution < -0.4 is 0 Å². The van der Waals surface area contributed by atoms with Crippen molar-refractivity contribution in [3.05, 3.63) is 0 Å². The van der Waals surface area contributed by atoms with E-state index in [4.69, 9.17) is 10.2 Å². The van der Waals surface area contributed by atoms with Crippen LogP contribution in [0.3, 0.4) is 0 Å². The number of aliphatic carboxylic acids is 1. The highest BCUT2D eigenvalue weighted by atomic mass is 16.4. The summed E-state index contributed by atoms with van der Waals surface area (Å²) in [6, 6.07) is -0.0555. The molecule has 2 N–H and O–H groups in total. The molecule has 2 atom stereocenters. The summed E-state index contributed by atoms with van der Waals surface area (Å²) in [6.45, 7) is 2.56. The number of piperidine rings is 1. The molecule has 110 valence electrons. The van der Waals surface area contributed by atoms with E-state index in [0.717, 1.165) is 19.3 Å². The van der Waals surface area contributed by atoms with E-state index in [-0.39, 0.29) is 25.2 Å². The van der Waals surface area contributed by atoms with E-state index in [9.17, 15) is 9.59 Å². The third kappa shape index (κ3) is 4.38. The molecule has 1 aliphatic rings. The Kier molecular flexibility index (Phi) is 6.08. The average Bonchev–Trinajstić information content (AvgIpc) is 2.38. The molecular weight excluding hydrogens is 248 g/mol. The largest absolute Gasteiger partial charge is 0.481 e. The Morgan fingerprint density at radius 3 is 2.68 bits per heavy atom. The van der Waals surface area contributed by atoms with Gasteiger partial charge in [0, 0.05) is 32.8 Å². The van der Waals surface area contributed by atoms with Crippen LogP contribution in [0.15, 0.2) is 0 Å². The lowest BCUT2D eigenvalue weighted by molar-refractivity contribution is -0.141. The summed E-state index contributed by atoms with van der Waals surface area (Å²) in [4.78, 5) is 26.4. The first-order chi connectivity index (χ1) is 8.97. The standard InChI is InChI=1S/C13H24N2O4/c1-10(12(17)18)9-14(2)13(19)15-7-4-3-5-11(15)6-8-16/h10-11,16H,3-9H2,1-2H3,(H,17,18). The van der Waals surface area contributed by atoms with Crippen LogP contribution in [0.1, 0.15) is 32.6 Å². The highest BCUT2D eigenvalue weighted by Crippen LogP contribution is 2.21. The lowest BCUT2D eigenvalue weighted by Crippen LogP contribution is -2.50. The summed E-state index contributed by atoms with van der Waals surface area (Å²) in [5.74, 6) is -1.47. The Morgan fingerprint density at radius 1 is 1.42 bits per heavy atom. The minimum atomic E-state index is -0.898. The van der Waals surface area contributed by atoms with Crippen molar-refractivity contribution in [2.75, 3.05) is 26.7 Å². The van der Waals surface area contributed by atoms with Crippen molar-refractivity contribution in [3.8, 4) is 0 Å². The summed E-state index contributed by atoms with van der Waals surface area (Å²) < 4.78 is 0. The van der Waals surface area contributed by atoms with E-state index in [1.165, 1.54) is 4.90 Å². The van der Waals surface area contributed by atoms with Gasteiger partial charge in [0.15, 0.2) is 0 Å². The summed E-state index contributed by atoms with van der Waals surface area (Å²) in [5, 5.41) is 17.9. The molecule has 0 radical (unpaired) electrons. The molecule has 2 unspecified atom stereocenters. The lowest BCUT2D eigenvalue weighted by Gasteiger charge is -2.38. The molecule has 2 amide bonds. The number of aliphatic hydroxyl groups excluding tert-OH is 1. The SMILES string of the molecule is CC(CN(C)C(=O)N1CCCCC1CCO)C(=O)O. The van der Waals surface area contributed by atoms with E-state index in [2.05, 4.69) is 0 Å². The summed E-state index contributed by atoms with van der Waals surface area (Å²) in [7, 11) is 1.63. The maximum absolute atomic E-state index is 12.3. The summed E-state index contributed by atoms with van der Waals surface area (Å²) >= 11 is 0. The van der Waals surface area contributed by atoms with Crippen molar-refractivity contribution in [2.24, 2.45) is 5.92 Å². The molecule has 1 fully saturated rings. The third-order valence-corrected chi connectivity index (χ3v) is 3.63. The molecular formula is C13H24N2O4. The van der Waals surface area contributed by atoms with Gasteiger partial charge in [0.25, 0.3) is 0 Å². The van der Waals surface area contributed by atoms with E-state index >= 15 is 0 Å². The van der Waals surface area contributed by atoms with E-state index in [1.807, 2.05) is 0 Å². The monoisotopic (exact) mass is 272 g/mol. The van der Waals surface area contributed by atoms with Gasteiger partial charge in [0.05, 0.1) is 5.92 Å². The van der Waals surface area contributed by atoms with E-state index < -0.39 is 11.9 Å². The Bertz CT molecular complexity index is 320. The number of hydrogen-bond donors (Lipinski definition) is 2. The van der Waals surface area contributed by atoms with Crippen LogP contribution in [0.4, 0.5) is 4.79 Å². The molecule has 0 aromatic carbocycles. The molecule has 1 saturated heterocycles. The van der Waals surface area contributed by atoms with Crippen LogP contribution in [-0.2, 0) is 4.79 Å². The highest BCUT2D eigenvalue weighted by Gasteiger charge is 2.29. The minimum absolute atomic E-state index is 0.0731. The highest BCUT2D eigenvalue weighted by molar-refractivity contribution is 5.76. The van der Waals surface area contributed by atoms with Crippen molar-refractivity contribution < 1.29 is 19.8 Å². The van der Waals surface area contributed by atoms with Crippen molar-refractivity contribution in [2.45, 2.75) is 38.6 Å². The molecule has 0 aliphatic carbocycles. The molecule has 0 spiro atoms. The Balaban J connectivity index is 2.60. The number of nitrogens with zero attached hydrogens (tertiary/aromatic N) is 2. The van der Waals surface area contributed by atoms with Gasteiger partial charge in [-0.25, -0.2) is 4.79 Å². The Labute approximate surface area is 114 Å². The van der Waals surface area contributed by atoms with Crippen molar-refractivity contribution in [3.63, 3.8) is 0 Å². The number of aliphatic hydroxyl groups is 1. The number of rotatable bonds is 5. The maximum atomic E-state index is 12.3.